The van der Waals surface area contributed by atoms with Gasteiger partial charge in [0.05, 0.1) is 17.1 Å². The van der Waals surface area contributed by atoms with Crippen LogP contribution in [0.25, 0.3) is 10.9 Å². The van der Waals surface area contributed by atoms with Crippen molar-refractivity contribution in [1.82, 2.24) is 9.29 Å². The Hall–Kier alpha value is -0.600. The first-order valence-electron chi connectivity index (χ1n) is 9.00. The molecule has 0 saturated carbocycles. The molecule has 0 unspecified atom stereocenters. The quantitative estimate of drug-likeness (QED) is 0.568. The maximum Gasteiger partial charge on any atom is 0.138 e. The minimum Gasteiger partial charge on any atom is -0.598 e. The Labute approximate surface area is 173 Å². The van der Waals surface area contributed by atoms with Crippen molar-refractivity contribution in [2.24, 2.45) is 5.41 Å². The minimum absolute atomic E-state index is 0.0796. The van der Waals surface area contributed by atoms with Gasteiger partial charge in [-0.05, 0) is 61.3 Å². The second-order valence-electron chi connectivity index (χ2n) is 8.81. The number of rotatable bonds is 7. The zero-order valence-electron chi connectivity index (χ0n) is 17.2. The third-order valence-electron chi connectivity index (χ3n) is 4.39. The molecule has 1 heterocycles. The molecule has 0 aliphatic carbocycles. The lowest BCUT2D eigenvalue weighted by Gasteiger charge is -2.26. The molecule has 0 fully saturated rings. The first-order valence-corrected chi connectivity index (χ1v) is 10.9. The maximum absolute atomic E-state index is 14.3. The van der Waals surface area contributed by atoms with Gasteiger partial charge in [-0.15, -0.1) is 4.72 Å². The highest BCUT2D eigenvalue weighted by Crippen LogP contribution is 2.33. The van der Waals surface area contributed by atoms with E-state index in [9.17, 15) is 8.94 Å². The monoisotopic (exact) mass is 460 g/mol. The summed E-state index contributed by atoms with van der Waals surface area (Å²) in [6.07, 6.45) is 2.03. The summed E-state index contributed by atoms with van der Waals surface area (Å²) in [6.45, 7) is 13.4. The van der Waals surface area contributed by atoms with Crippen LogP contribution in [0.4, 0.5) is 4.39 Å². The Morgan fingerprint density at radius 1 is 1.30 bits per heavy atom. The number of hydrogen-bond donors (Lipinski definition) is 1. The van der Waals surface area contributed by atoms with Crippen molar-refractivity contribution >= 4 is 38.2 Å². The van der Waals surface area contributed by atoms with Crippen molar-refractivity contribution in [2.45, 2.75) is 58.9 Å². The SMILES string of the molecule is COCC(C)(C)Cn1cc([C@@H](C)N[S@@+]([O-])C(C)(C)C)c2cc(F)c(Br)cc21. The molecule has 1 aromatic carbocycles. The van der Waals surface area contributed by atoms with E-state index in [1.807, 2.05) is 40.0 Å². The van der Waals surface area contributed by atoms with Crippen LogP contribution in [0.2, 0.25) is 0 Å². The predicted molar refractivity (Wildman–Crippen MR) is 115 cm³/mol. The predicted octanol–water partition coefficient (Wildman–Crippen LogP) is 5.33. The van der Waals surface area contributed by atoms with E-state index in [0.29, 0.717) is 11.1 Å². The van der Waals surface area contributed by atoms with Gasteiger partial charge in [-0.3, -0.25) is 0 Å². The number of methoxy groups -OCH3 is 1. The van der Waals surface area contributed by atoms with Crippen LogP contribution in [0.15, 0.2) is 22.8 Å². The highest BCUT2D eigenvalue weighted by atomic mass is 79.9. The summed E-state index contributed by atoms with van der Waals surface area (Å²) in [6, 6.07) is 3.18. The van der Waals surface area contributed by atoms with Gasteiger partial charge in [0.15, 0.2) is 0 Å². The summed E-state index contributed by atoms with van der Waals surface area (Å²) < 4.78 is 37.5. The van der Waals surface area contributed by atoms with E-state index in [-0.39, 0.29) is 22.0 Å². The van der Waals surface area contributed by atoms with Crippen molar-refractivity contribution in [3.05, 3.63) is 34.2 Å². The maximum atomic E-state index is 14.3. The van der Waals surface area contributed by atoms with Gasteiger partial charge in [0.2, 0.25) is 0 Å². The van der Waals surface area contributed by atoms with E-state index in [4.69, 9.17) is 4.74 Å². The molecule has 0 saturated heterocycles. The summed E-state index contributed by atoms with van der Waals surface area (Å²) in [5.41, 5.74) is 1.80. The lowest BCUT2D eigenvalue weighted by atomic mass is 9.95. The number of nitrogens with one attached hydrogen (secondary N) is 1. The van der Waals surface area contributed by atoms with Crippen LogP contribution < -0.4 is 4.72 Å². The number of benzene rings is 1. The van der Waals surface area contributed by atoms with Gasteiger partial charge in [-0.2, -0.15) is 0 Å². The highest BCUT2D eigenvalue weighted by Gasteiger charge is 2.30. The van der Waals surface area contributed by atoms with Crippen LogP contribution in [-0.4, -0.2) is 27.6 Å². The molecular formula is C20H30BrFN2O2S. The van der Waals surface area contributed by atoms with E-state index >= 15 is 0 Å². The van der Waals surface area contributed by atoms with E-state index in [2.05, 4.69) is 39.1 Å². The van der Waals surface area contributed by atoms with Crippen molar-refractivity contribution in [2.75, 3.05) is 13.7 Å². The molecular weight excluding hydrogens is 431 g/mol. The van der Waals surface area contributed by atoms with Gasteiger partial charge in [-0.1, -0.05) is 13.8 Å². The largest absolute Gasteiger partial charge is 0.598 e. The van der Waals surface area contributed by atoms with E-state index in [1.165, 1.54) is 0 Å². The van der Waals surface area contributed by atoms with Crippen LogP contribution >= 0.6 is 15.9 Å². The molecule has 0 radical (unpaired) electrons. The molecule has 7 heteroatoms. The van der Waals surface area contributed by atoms with Crippen LogP contribution in [0, 0.1) is 11.2 Å². The molecule has 2 rings (SSSR count). The van der Waals surface area contributed by atoms with Gasteiger partial charge in [0.1, 0.15) is 10.6 Å². The second kappa shape index (κ2) is 8.41. The standard InChI is InChI=1S/C20H30BrFN2O2S/c1-13(23-27(25)19(2,3)4)15-10-24(11-20(5,6)12-26-7)18-9-16(21)17(22)8-14(15)18/h8-10,13,23H,11-12H2,1-7H3/t13-,27+/m1/s1. The summed E-state index contributed by atoms with van der Waals surface area (Å²) in [7, 11) is 1.70. The first kappa shape index (κ1) is 22.7. The van der Waals surface area contributed by atoms with Crippen LogP contribution in [0.1, 0.15) is 53.1 Å². The molecule has 2 atom stereocenters. The van der Waals surface area contributed by atoms with Gasteiger partial charge in [-0.25, -0.2) is 4.39 Å². The van der Waals surface area contributed by atoms with E-state index in [0.717, 1.165) is 23.0 Å². The molecule has 27 heavy (non-hydrogen) atoms. The van der Waals surface area contributed by atoms with Gasteiger partial charge < -0.3 is 13.9 Å². The Balaban J connectivity index is 2.48. The molecule has 0 aliphatic heterocycles. The number of ether oxygens (including phenoxy) is 1. The zero-order chi connectivity index (χ0) is 20.6. The Morgan fingerprint density at radius 2 is 1.93 bits per heavy atom. The minimum atomic E-state index is -1.22. The van der Waals surface area contributed by atoms with Crippen molar-refractivity contribution < 1.29 is 13.7 Å². The highest BCUT2D eigenvalue weighted by molar-refractivity contribution is 9.10. The van der Waals surface area contributed by atoms with Crippen molar-refractivity contribution in [3.8, 4) is 0 Å². The number of halogens is 2. The fourth-order valence-electron chi connectivity index (χ4n) is 3.09. The number of fused-ring (bicyclic) bond motifs is 1. The van der Waals surface area contributed by atoms with Crippen molar-refractivity contribution in [3.63, 3.8) is 0 Å². The van der Waals surface area contributed by atoms with Crippen molar-refractivity contribution in [1.29, 1.82) is 0 Å². The smallest absolute Gasteiger partial charge is 0.138 e. The third kappa shape index (κ3) is 5.48. The van der Waals surface area contributed by atoms with E-state index < -0.39 is 11.4 Å². The van der Waals surface area contributed by atoms with Crippen LogP contribution in [-0.2, 0) is 22.6 Å². The molecule has 152 valence electrons. The molecule has 1 N–H and O–H groups in total. The fraction of sp³-hybridized carbons (Fsp3) is 0.600. The first-order chi connectivity index (χ1) is 12.4. The summed E-state index contributed by atoms with van der Waals surface area (Å²) in [4.78, 5) is 0. The summed E-state index contributed by atoms with van der Waals surface area (Å²) in [5, 5.41) is 0.829. The Morgan fingerprint density at radius 3 is 2.48 bits per heavy atom. The number of nitrogens with zero attached hydrogens (tertiary/aromatic N) is 1. The second-order valence-corrected chi connectivity index (χ2v) is 11.7. The average Bonchev–Trinajstić information content (AvgIpc) is 2.84. The van der Waals surface area contributed by atoms with Gasteiger partial charge in [0, 0.05) is 47.5 Å². The molecule has 0 bridgehead atoms. The molecule has 0 aliphatic rings. The Kier molecular flexibility index (Phi) is 7.07. The summed E-state index contributed by atoms with van der Waals surface area (Å²) >= 11 is 2.08. The topological polar surface area (TPSA) is 49.2 Å². The Bertz CT molecular complexity index is 801. The molecule has 4 nitrogen and oxygen atoms in total. The lowest BCUT2D eigenvalue weighted by molar-refractivity contribution is 0.0928. The normalized spacial score (nSPS) is 15.3. The lowest BCUT2D eigenvalue weighted by Crippen LogP contribution is -2.40. The van der Waals surface area contributed by atoms with E-state index in [1.54, 1.807) is 13.2 Å². The van der Waals surface area contributed by atoms with Crippen LogP contribution in [0.3, 0.4) is 0 Å². The number of hydrogen-bond acceptors (Lipinski definition) is 3. The van der Waals surface area contributed by atoms with Gasteiger partial charge in [0.25, 0.3) is 0 Å². The fourth-order valence-corrected chi connectivity index (χ4v) is 4.22. The molecule has 1 aromatic heterocycles. The van der Waals surface area contributed by atoms with Crippen LogP contribution in [0.5, 0.6) is 0 Å². The molecule has 0 amide bonds. The third-order valence-corrected chi connectivity index (χ3v) is 6.68. The number of aromatic nitrogens is 1. The zero-order valence-corrected chi connectivity index (χ0v) is 19.6. The summed E-state index contributed by atoms with van der Waals surface area (Å²) in [5.74, 6) is -0.304. The molecule has 2 aromatic rings. The average molecular weight is 461 g/mol. The van der Waals surface area contributed by atoms with Gasteiger partial charge >= 0.3 is 0 Å². The molecule has 0 spiro atoms.